The van der Waals surface area contributed by atoms with Crippen LogP contribution >= 0.6 is 15.9 Å². The second-order valence-corrected chi connectivity index (χ2v) is 4.08. The molecular formula is C9H18BrNO. The first-order chi connectivity index (χ1) is 5.83. The standard InChI is InChI=1S/C9H18BrNO/c1-8(7-10)11-5-4-9-3-2-6-12-9/h8-9,11H,2-7H2,1H3. The van der Waals surface area contributed by atoms with Crippen molar-refractivity contribution in [2.75, 3.05) is 18.5 Å². The van der Waals surface area contributed by atoms with Crippen LogP contribution in [0, 0.1) is 0 Å². The van der Waals surface area contributed by atoms with Crippen LogP contribution in [0.1, 0.15) is 26.2 Å². The molecule has 0 aromatic carbocycles. The van der Waals surface area contributed by atoms with Crippen LogP contribution in [0.4, 0.5) is 0 Å². The highest BCUT2D eigenvalue weighted by Gasteiger charge is 2.14. The van der Waals surface area contributed by atoms with Gasteiger partial charge in [0.25, 0.3) is 0 Å². The van der Waals surface area contributed by atoms with Crippen molar-refractivity contribution in [3.05, 3.63) is 0 Å². The van der Waals surface area contributed by atoms with Crippen LogP contribution in [0.5, 0.6) is 0 Å². The molecule has 0 spiro atoms. The van der Waals surface area contributed by atoms with Gasteiger partial charge in [-0.3, -0.25) is 0 Å². The number of ether oxygens (including phenoxy) is 1. The average molecular weight is 236 g/mol. The maximum Gasteiger partial charge on any atom is 0.0588 e. The zero-order valence-electron chi connectivity index (χ0n) is 7.68. The van der Waals surface area contributed by atoms with Gasteiger partial charge in [-0.15, -0.1) is 0 Å². The molecule has 1 rings (SSSR count). The fraction of sp³-hybridized carbons (Fsp3) is 1.00. The summed E-state index contributed by atoms with van der Waals surface area (Å²) in [4.78, 5) is 0. The molecule has 0 aromatic heterocycles. The number of halogens is 1. The van der Waals surface area contributed by atoms with Crippen LogP contribution in [0.15, 0.2) is 0 Å². The van der Waals surface area contributed by atoms with Gasteiger partial charge in [-0.1, -0.05) is 15.9 Å². The fourth-order valence-corrected chi connectivity index (χ4v) is 1.65. The lowest BCUT2D eigenvalue weighted by atomic mass is 10.2. The summed E-state index contributed by atoms with van der Waals surface area (Å²) in [6.45, 7) is 4.24. The summed E-state index contributed by atoms with van der Waals surface area (Å²) < 4.78 is 5.52. The van der Waals surface area contributed by atoms with E-state index in [1.165, 1.54) is 12.8 Å². The summed E-state index contributed by atoms with van der Waals surface area (Å²) in [5.74, 6) is 0. The summed E-state index contributed by atoms with van der Waals surface area (Å²) in [6.07, 6.45) is 4.19. The molecule has 0 aromatic rings. The summed E-state index contributed by atoms with van der Waals surface area (Å²) in [7, 11) is 0. The normalized spacial score (nSPS) is 26.0. The Bertz CT molecular complexity index is 115. The van der Waals surface area contributed by atoms with Gasteiger partial charge in [-0.05, 0) is 32.7 Å². The highest BCUT2D eigenvalue weighted by atomic mass is 79.9. The molecule has 2 atom stereocenters. The van der Waals surface area contributed by atoms with E-state index in [-0.39, 0.29) is 0 Å². The molecule has 0 bridgehead atoms. The van der Waals surface area contributed by atoms with E-state index in [0.717, 1.165) is 24.9 Å². The Kier molecular flexibility index (Phi) is 5.19. The van der Waals surface area contributed by atoms with Crippen molar-refractivity contribution in [2.45, 2.75) is 38.3 Å². The number of hydrogen-bond donors (Lipinski definition) is 1. The van der Waals surface area contributed by atoms with Crippen molar-refractivity contribution in [3.63, 3.8) is 0 Å². The maximum atomic E-state index is 5.52. The van der Waals surface area contributed by atoms with Crippen molar-refractivity contribution in [1.29, 1.82) is 0 Å². The maximum absolute atomic E-state index is 5.52. The lowest BCUT2D eigenvalue weighted by Gasteiger charge is -2.13. The Balaban J connectivity index is 1.94. The second kappa shape index (κ2) is 5.95. The Morgan fingerprint density at radius 2 is 2.50 bits per heavy atom. The van der Waals surface area contributed by atoms with E-state index in [1.807, 2.05) is 0 Å². The molecule has 1 N–H and O–H groups in total. The third-order valence-electron chi connectivity index (χ3n) is 2.21. The summed E-state index contributed by atoms with van der Waals surface area (Å²) in [6, 6.07) is 0.575. The van der Waals surface area contributed by atoms with E-state index in [4.69, 9.17) is 4.74 Å². The number of nitrogens with one attached hydrogen (secondary N) is 1. The molecule has 2 unspecified atom stereocenters. The lowest BCUT2D eigenvalue weighted by Crippen LogP contribution is -2.30. The van der Waals surface area contributed by atoms with Gasteiger partial charge in [-0.2, -0.15) is 0 Å². The van der Waals surface area contributed by atoms with Crippen LogP contribution in [-0.4, -0.2) is 30.6 Å². The van der Waals surface area contributed by atoms with Crippen LogP contribution in [0.2, 0.25) is 0 Å². The van der Waals surface area contributed by atoms with Crippen molar-refractivity contribution >= 4 is 15.9 Å². The van der Waals surface area contributed by atoms with Crippen LogP contribution < -0.4 is 5.32 Å². The van der Waals surface area contributed by atoms with Gasteiger partial charge in [0, 0.05) is 18.0 Å². The third kappa shape index (κ3) is 3.87. The average Bonchev–Trinajstić information content (AvgIpc) is 2.57. The molecule has 12 heavy (non-hydrogen) atoms. The minimum absolute atomic E-state index is 0.528. The highest BCUT2D eigenvalue weighted by molar-refractivity contribution is 9.09. The monoisotopic (exact) mass is 235 g/mol. The molecule has 0 amide bonds. The quantitative estimate of drug-likeness (QED) is 0.736. The van der Waals surface area contributed by atoms with E-state index in [2.05, 4.69) is 28.2 Å². The third-order valence-corrected chi connectivity index (χ3v) is 3.19. The van der Waals surface area contributed by atoms with Gasteiger partial charge in [0.2, 0.25) is 0 Å². The lowest BCUT2D eigenvalue weighted by molar-refractivity contribution is 0.104. The van der Waals surface area contributed by atoms with Gasteiger partial charge in [-0.25, -0.2) is 0 Å². The molecule has 3 heteroatoms. The van der Waals surface area contributed by atoms with Crippen molar-refractivity contribution in [1.82, 2.24) is 5.32 Å². The van der Waals surface area contributed by atoms with Crippen LogP contribution in [-0.2, 0) is 4.74 Å². The molecule has 72 valence electrons. The largest absolute Gasteiger partial charge is 0.378 e. The molecule has 0 saturated carbocycles. The molecule has 1 heterocycles. The first-order valence-corrected chi connectivity index (χ1v) is 5.86. The van der Waals surface area contributed by atoms with Gasteiger partial charge in [0.1, 0.15) is 0 Å². The van der Waals surface area contributed by atoms with Gasteiger partial charge < -0.3 is 10.1 Å². The van der Waals surface area contributed by atoms with Crippen molar-refractivity contribution in [3.8, 4) is 0 Å². The van der Waals surface area contributed by atoms with Gasteiger partial charge in [0.05, 0.1) is 6.10 Å². The summed E-state index contributed by atoms with van der Waals surface area (Å²) >= 11 is 3.43. The van der Waals surface area contributed by atoms with E-state index in [9.17, 15) is 0 Å². The van der Waals surface area contributed by atoms with E-state index in [1.54, 1.807) is 0 Å². The molecule has 2 nitrogen and oxygen atoms in total. The zero-order chi connectivity index (χ0) is 8.81. The Labute approximate surface area is 83.2 Å². The first kappa shape index (κ1) is 10.5. The Morgan fingerprint density at radius 1 is 1.67 bits per heavy atom. The predicted octanol–water partition coefficient (Wildman–Crippen LogP) is 1.93. The van der Waals surface area contributed by atoms with Crippen LogP contribution in [0.3, 0.4) is 0 Å². The number of hydrogen-bond acceptors (Lipinski definition) is 2. The number of alkyl halides is 1. The smallest absolute Gasteiger partial charge is 0.0588 e. The molecule has 0 aliphatic carbocycles. The molecule has 1 fully saturated rings. The van der Waals surface area contributed by atoms with Gasteiger partial charge in [0.15, 0.2) is 0 Å². The molecule has 1 saturated heterocycles. The fourth-order valence-electron chi connectivity index (χ4n) is 1.42. The van der Waals surface area contributed by atoms with Crippen molar-refractivity contribution in [2.24, 2.45) is 0 Å². The second-order valence-electron chi connectivity index (χ2n) is 3.43. The Hall–Kier alpha value is 0.400. The molecular weight excluding hydrogens is 218 g/mol. The minimum atomic E-state index is 0.528. The Morgan fingerprint density at radius 3 is 3.08 bits per heavy atom. The first-order valence-electron chi connectivity index (χ1n) is 4.74. The zero-order valence-corrected chi connectivity index (χ0v) is 9.27. The SMILES string of the molecule is CC(CBr)NCCC1CCCO1. The van der Waals surface area contributed by atoms with E-state index in [0.29, 0.717) is 12.1 Å². The molecule has 0 radical (unpaired) electrons. The topological polar surface area (TPSA) is 21.3 Å². The predicted molar refractivity (Wildman–Crippen MR) is 54.8 cm³/mol. The number of rotatable bonds is 5. The van der Waals surface area contributed by atoms with Crippen molar-refractivity contribution < 1.29 is 4.74 Å². The highest BCUT2D eigenvalue weighted by Crippen LogP contribution is 2.14. The van der Waals surface area contributed by atoms with Gasteiger partial charge >= 0.3 is 0 Å². The molecule has 1 aliphatic rings. The minimum Gasteiger partial charge on any atom is -0.378 e. The van der Waals surface area contributed by atoms with E-state index < -0.39 is 0 Å². The van der Waals surface area contributed by atoms with E-state index >= 15 is 0 Å². The summed E-state index contributed by atoms with van der Waals surface area (Å²) in [5, 5.41) is 4.46. The summed E-state index contributed by atoms with van der Waals surface area (Å²) in [5.41, 5.74) is 0. The molecule has 1 aliphatic heterocycles. The van der Waals surface area contributed by atoms with Crippen LogP contribution in [0.25, 0.3) is 0 Å².